The lowest BCUT2D eigenvalue weighted by molar-refractivity contribution is -0.284. The molecule has 41 heavy (non-hydrogen) atoms. The molecule has 0 saturated heterocycles. The number of thioether (sulfide) groups is 1. The summed E-state index contributed by atoms with van der Waals surface area (Å²) in [6, 6.07) is 0. The van der Waals surface area contributed by atoms with E-state index in [1.54, 1.807) is 0 Å². The van der Waals surface area contributed by atoms with Gasteiger partial charge >= 0.3 is 24.2 Å². The van der Waals surface area contributed by atoms with Gasteiger partial charge < -0.3 is 0 Å². The highest BCUT2D eigenvalue weighted by Gasteiger charge is 2.57. The van der Waals surface area contributed by atoms with Crippen LogP contribution in [0.2, 0.25) is 0 Å². The summed E-state index contributed by atoms with van der Waals surface area (Å²) in [6.45, 7) is 0. The van der Waals surface area contributed by atoms with Crippen LogP contribution in [-0.4, -0.2) is 45.4 Å². The summed E-state index contributed by atoms with van der Waals surface area (Å²) < 4.78 is 131. The third kappa shape index (κ3) is 20.3. The third-order valence-corrected chi connectivity index (χ3v) is 9.93. The van der Waals surface area contributed by atoms with Gasteiger partial charge in [0.15, 0.2) is 0 Å². The highest BCUT2D eigenvalue weighted by atomic mass is 79.9. The first-order valence-corrected chi connectivity index (χ1v) is 17.9. The van der Waals surface area contributed by atoms with Crippen LogP contribution in [0, 0.1) is 0 Å². The lowest BCUT2D eigenvalue weighted by atomic mass is 10.0. The third-order valence-electron chi connectivity index (χ3n) is 7.09. The van der Waals surface area contributed by atoms with E-state index in [1.165, 1.54) is 0 Å². The lowest BCUT2D eigenvalue weighted by Crippen LogP contribution is -2.37. The number of hydrogen-bond acceptors (Lipinski definition) is 1. The Labute approximate surface area is 260 Å². The average molecular weight is 765 g/mol. The Balaban J connectivity index is 5.23. The molecule has 2 unspecified atom stereocenters. The Morgan fingerprint density at radius 2 is 0.659 bits per heavy atom. The first-order valence-electron chi connectivity index (χ1n) is 14.7. The predicted molar refractivity (Wildman–Crippen MR) is 157 cm³/mol. The molecule has 0 spiro atoms. The summed E-state index contributed by atoms with van der Waals surface area (Å²) in [6.07, 6.45) is -1.88. The van der Waals surface area contributed by atoms with E-state index < -0.39 is 60.4 Å². The molecular formula is C28H46Br2F10S. The van der Waals surface area contributed by atoms with Crippen LogP contribution in [-0.2, 0) is 0 Å². The minimum absolute atomic E-state index is 0.319. The smallest absolute Gasteiger partial charge is 0.196 e. The SMILES string of the molecule is FC(F)(F)C(F)(F)CCC(CCCCCCCCCBr)SC(CCCCCCCCCBr)CCC(F)(F)C(F)(F)F. The zero-order valence-electron chi connectivity index (χ0n) is 23.7. The van der Waals surface area contributed by atoms with Crippen molar-refractivity contribution in [3.8, 4) is 0 Å². The molecule has 0 fully saturated rings. The maximum absolute atomic E-state index is 13.7. The van der Waals surface area contributed by atoms with E-state index in [-0.39, 0.29) is 0 Å². The Morgan fingerprint density at radius 1 is 0.390 bits per heavy atom. The van der Waals surface area contributed by atoms with Gasteiger partial charge in [-0.2, -0.15) is 55.7 Å². The van der Waals surface area contributed by atoms with Gasteiger partial charge in [-0.1, -0.05) is 109 Å². The molecule has 0 saturated carbocycles. The van der Waals surface area contributed by atoms with Crippen molar-refractivity contribution in [3.63, 3.8) is 0 Å². The molecule has 0 bridgehead atoms. The predicted octanol–water partition coefficient (Wildman–Crippen LogP) is 13.4. The molecule has 248 valence electrons. The maximum atomic E-state index is 13.7. The molecule has 2 atom stereocenters. The van der Waals surface area contributed by atoms with Crippen molar-refractivity contribution in [1.82, 2.24) is 0 Å². The van der Waals surface area contributed by atoms with E-state index in [9.17, 15) is 43.9 Å². The van der Waals surface area contributed by atoms with Crippen molar-refractivity contribution < 1.29 is 43.9 Å². The van der Waals surface area contributed by atoms with Gasteiger partial charge in [-0.3, -0.25) is 0 Å². The second kappa shape index (κ2) is 22.2. The van der Waals surface area contributed by atoms with Gasteiger partial charge in [-0.25, -0.2) is 0 Å². The molecule has 0 aliphatic carbocycles. The van der Waals surface area contributed by atoms with Gasteiger partial charge in [-0.05, 0) is 38.5 Å². The van der Waals surface area contributed by atoms with Crippen molar-refractivity contribution in [2.24, 2.45) is 0 Å². The monoisotopic (exact) mass is 762 g/mol. The maximum Gasteiger partial charge on any atom is 0.453 e. The molecule has 0 nitrogen and oxygen atoms in total. The second-order valence-corrected chi connectivity index (χ2v) is 14.0. The molecule has 0 amide bonds. The topological polar surface area (TPSA) is 0 Å². The van der Waals surface area contributed by atoms with Crippen LogP contribution in [0.5, 0.6) is 0 Å². The zero-order valence-corrected chi connectivity index (χ0v) is 27.6. The normalized spacial score (nSPS) is 14.9. The summed E-state index contributed by atoms with van der Waals surface area (Å²) in [5, 5.41) is 0.486. The molecule has 0 radical (unpaired) electrons. The molecule has 0 rings (SSSR count). The van der Waals surface area contributed by atoms with Crippen LogP contribution >= 0.6 is 43.6 Å². The minimum atomic E-state index is -5.69. The number of halogens is 12. The van der Waals surface area contributed by atoms with Crippen molar-refractivity contribution in [2.45, 2.75) is 163 Å². The van der Waals surface area contributed by atoms with Gasteiger partial charge in [0.05, 0.1) is 0 Å². The number of unbranched alkanes of at least 4 members (excludes halogenated alkanes) is 12. The van der Waals surface area contributed by atoms with E-state index in [1.807, 2.05) is 0 Å². The van der Waals surface area contributed by atoms with E-state index in [2.05, 4.69) is 31.9 Å². The van der Waals surface area contributed by atoms with Crippen molar-refractivity contribution in [1.29, 1.82) is 0 Å². The summed E-state index contributed by atoms with van der Waals surface area (Å²) in [4.78, 5) is 0. The van der Waals surface area contributed by atoms with Crippen molar-refractivity contribution >= 4 is 43.6 Å². The zero-order chi connectivity index (χ0) is 31.4. The van der Waals surface area contributed by atoms with Gasteiger partial charge in [0.25, 0.3) is 0 Å². The Bertz CT molecular complexity index is 578. The quantitative estimate of drug-likeness (QED) is 0.0480. The summed E-state index contributed by atoms with van der Waals surface area (Å²) in [5.41, 5.74) is 0. The van der Waals surface area contributed by atoms with Gasteiger partial charge in [0, 0.05) is 34.0 Å². The van der Waals surface area contributed by atoms with Gasteiger partial charge in [0.2, 0.25) is 0 Å². The van der Waals surface area contributed by atoms with E-state index >= 15 is 0 Å². The van der Waals surface area contributed by atoms with Crippen LogP contribution in [0.3, 0.4) is 0 Å². The first-order chi connectivity index (χ1) is 19.1. The molecule has 0 heterocycles. The molecule has 0 aliphatic heterocycles. The lowest BCUT2D eigenvalue weighted by Gasteiger charge is -2.28. The minimum Gasteiger partial charge on any atom is -0.196 e. The average Bonchev–Trinajstić information content (AvgIpc) is 2.87. The molecule has 0 N–H and O–H groups in total. The Kier molecular flexibility index (Phi) is 22.5. The van der Waals surface area contributed by atoms with Crippen LogP contribution < -0.4 is 0 Å². The van der Waals surface area contributed by atoms with Crippen LogP contribution in [0.15, 0.2) is 0 Å². The van der Waals surface area contributed by atoms with Crippen molar-refractivity contribution in [2.75, 3.05) is 10.7 Å². The summed E-state index contributed by atoms with van der Waals surface area (Å²) >= 11 is 7.75. The fourth-order valence-electron chi connectivity index (χ4n) is 4.50. The van der Waals surface area contributed by atoms with E-state index in [0.717, 1.165) is 99.5 Å². The van der Waals surface area contributed by atoms with Crippen LogP contribution in [0.25, 0.3) is 0 Å². The summed E-state index contributed by atoms with van der Waals surface area (Å²) in [5.74, 6) is -9.76. The molecule has 0 aromatic carbocycles. The van der Waals surface area contributed by atoms with Crippen molar-refractivity contribution in [3.05, 3.63) is 0 Å². The standard InChI is InChI=1S/C28H46Br2F10S/c29-21-13-9-5-1-3-7-11-15-23(17-19-25(31,32)27(35,36)37)41-24(18-20-26(33,34)28(38,39)40)16-12-8-4-2-6-10-14-22-30/h23-24H,1-22H2. The first kappa shape index (κ1) is 41.6. The second-order valence-electron chi connectivity index (χ2n) is 10.8. The molecule has 0 aliphatic rings. The van der Waals surface area contributed by atoms with Gasteiger partial charge in [0.1, 0.15) is 0 Å². The number of alkyl halides is 12. The van der Waals surface area contributed by atoms with Gasteiger partial charge in [-0.15, -0.1) is 0 Å². The molecular weight excluding hydrogens is 718 g/mol. The largest absolute Gasteiger partial charge is 0.453 e. The Hall–Kier alpha value is 0.610. The molecule has 0 aromatic rings. The summed E-state index contributed by atoms with van der Waals surface area (Å²) in [7, 11) is 0. The highest BCUT2D eigenvalue weighted by Crippen LogP contribution is 2.44. The molecule has 13 heteroatoms. The Morgan fingerprint density at radius 3 is 0.927 bits per heavy atom. The number of rotatable bonds is 26. The molecule has 0 aromatic heterocycles. The van der Waals surface area contributed by atoms with Crippen LogP contribution in [0.4, 0.5) is 43.9 Å². The van der Waals surface area contributed by atoms with E-state index in [0.29, 0.717) is 25.7 Å². The highest BCUT2D eigenvalue weighted by molar-refractivity contribution is 9.09. The van der Waals surface area contributed by atoms with E-state index in [4.69, 9.17) is 0 Å². The fraction of sp³-hybridized carbons (Fsp3) is 1.00. The fourth-order valence-corrected chi connectivity index (χ4v) is 6.95. The number of hydrogen-bond donors (Lipinski definition) is 0. The van der Waals surface area contributed by atoms with Crippen LogP contribution in [0.1, 0.15) is 128 Å².